The molecule has 5 nitrogen and oxygen atoms in total. The van der Waals surface area contributed by atoms with Gasteiger partial charge in [0.05, 0.1) is 5.69 Å². The van der Waals surface area contributed by atoms with Crippen LogP contribution >= 0.6 is 11.3 Å². The van der Waals surface area contributed by atoms with Crippen molar-refractivity contribution in [1.82, 2.24) is 15.1 Å². The molecule has 2 aromatic heterocycles. The van der Waals surface area contributed by atoms with Crippen LogP contribution in [0.5, 0.6) is 0 Å². The number of hydrogen-bond donors (Lipinski definition) is 1. The fraction of sp³-hybridized carbons (Fsp3) is 0.583. The third kappa shape index (κ3) is 2.12. The zero-order valence-electron chi connectivity index (χ0n) is 10.3. The van der Waals surface area contributed by atoms with E-state index < -0.39 is 0 Å². The van der Waals surface area contributed by atoms with Gasteiger partial charge in [-0.25, -0.2) is 4.98 Å². The lowest BCUT2D eigenvalue weighted by molar-refractivity contribution is 0.385. The predicted molar refractivity (Wildman–Crippen MR) is 70.4 cm³/mol. The largest absolute Gasteiger partial charge is 0.375 e. The molecule has 18 heavy (non-hydrogen) atoms. The first kappa shape index (κ1) is 11.6. The molecule has 2 N–H and O–H groups in total. The van der Waals surface area contributed by atoms with Crippen molar-refractivity contribution < 1.29 is 4.52 Å². The van der Waals surface area contributed by atoms with E-state index in [1.165, 1.54) is 43.4 Å². The minimum atomic E-state index is 0.460. The van der Waals surface area contributed by atoms with E-state index in [1.807, 2.05) is 6.92 Å². The Morgan fingerprint density at radius 2 is 2.00 bits per heavy atom. The number of hydrogen-bond acceptors (Lipinski definition) is 6. The summed E-state index contributed by atoms with van der Waals surface area (Å²) in [7, 11) is 0. The molecule has 2 aromatic rings. The number of aromatic nitrogens is 3. The normalized spacial score (nSPS) is 17.2. The highest BCUT2D eigenvalue weighted by atomic mass is 32.1. The number of nitrogen functional groups attached to an aromatic ring is 1. The molecule has 0 aromatic carbocycles. The second-order valence-corrected chi connectivity index (χ2v) is 5.79. The second-order valence-electron chi connectivity index (χ2n) is 4.76. The zero-order valence-corrected chi connectivity index (χ0v) is 11.2. The first-order chi connectivity index (χ1) is 8.74. The molecule has 1 fully saturated rings. The second kappa shape index (κ2) is 4.68. The van der Waals surface area contributed by atoms with Crippen LogP contribution in [0, 0.1) is 6.92 Å². The molecule has 1 aliphatic carbocycles. The summed E-state index contributed by atoms with van der Waals surface area (Å²) in [5.41, 5.74) is 6.54. The average Bonchev–Trinajstić information content (AvgIpc) is 2.97. The van der Waals surface area contributed by atoms with Gasteiger partial charge in [0.1, 0.15) is 4.88 Å². The van der Waals surface area contributed by atoms with E-state index in [9.17, 15) is 0 Å². The molecule has 3 rings (SSSR count). The van der Waals surface area contributed by atoms with Crippen molar-refractivity contribution >= 4 is 16.5 Å². The van der Waals surface area contributed by atoms with E-state index in [0.717, 1.165) is 16.4 Å². The predicted octanol–water partition coefficient (Wildman–Crippen LogP) is 3.13. The van der Waals surface area contributed by atoms with Gasteiger partial charge in [0, 0.05) is 5.92 Å². The summed E-state index contributed by atoms with van der Waals surface area (Å²) < 4.78 is 5.35. The van der Waals surface area contributed by atoms with Crippen LogP contribution in [0.3, 0.4) is 0 Å². The summed E-state index contributed by atoms with van der Waals surface area (Å²) in [6, 6.07) is 0. The third-order valence-corrected chi connectivity index (χ3v) is 4.39. The molecule has 0 aliphatic heterocycles. The lowest BCUT2D eigenvalue weighted by Gasteiger charge is -2.17. The minimum Gasteiger partial charge on any atom is -0.375 e. The number of rotatable bonds is 2. The van der Waals surface area contributed by atoms with E-state index in [1.54, 1.807) is 0 Å². The molecule has 1 aliphatic rings. The Morgan fingerprint density at radius 3 is 2.67 bits per heavy atom. The highest BCUT2D eigenvalue weighted by Crippen LogP contribution is 2.34. The maximum Gasteiger partial charge on any atom is 0.270 e. The standard InChI is InChI=1S/C12H16N4OS/c1-7-9(18-12(13)14-7)11-15-10(16-17-11)8-5-3-2-4-6-8/h8H,2-6H2,1H3,(H2,13,14). The monoisotopic (exact) mass is 264 g/mol. The SMILES string of the molecule is Cc1nc(N)sc1-c1nc(C2CCCCC2)no1. The summed E-state index contributed by atoms with van der Waals surface area (Å²) in [6.07, 6.45) is 6.19. The third-order valence-electron chi connectivity index (χ3n) is 3.42. The molecule has 0 atom stereocenters. The van der Waals surface area contributed by atoms with E-state index in [4.69, 9.17) is 10.3 Å². The van der Waals surface area contributed by atoms with Gasteiger partial charge >= 0.3 is 0 Å². The van der Waals surface area contributed by atoms with Crippen LogP contribution in [0.2, 0.25) is 0 Å². The Kier molecular flexibility index (Phi) is 3.03. The number of nitrogens with zero attached hydrogens (tertiary/aromatic N) is 3. The van der Waals surface area contributed by atoms with Crippen molar-refractivity contribution in [1.29, 1.82) is 0 Å². The van der Waals surface area contributed by atoms with Gasteiger partial charge in [0.2, 0.25) is 0 Å². The van der Waals surface area contributed by atoms with Gasteiger partial charge in [-0.15, -0.1) is 0 Å². The average molecular weight is 264 g/mol. The molecule has 1 saturated carbocycles. The fourth-order valence-corrected chi connectivity index (χ4v) is 3.22. The van der Waals surface area contributed by atoms with Crippen molar-refractivity contribution in [2.24, 2.45) is 0 Å². The maximum absolute atomic E-state index is 5.68. The molecule has 6 heteroatoms. The molecular weight excluding hydrogens is 248 g/mol. The van der Waals surface area contributed by atoms with Crippen LogP contribution in [0.25, 0.3) is 10.8 Å². The number of nitrogens with two attached hydrogens (primary N) is 1. The fourth-order valence-electron chi connectivity index (χ4n) is 2.47. The lowest BCUT2D eigenvalue weighted by atomic mass is 9.89. The Balaban J connectivity index is 1.86. The quantitative estimate of drug-likeness (QED) is 0.901. The van der Waals surface area contributed by atoms with Gasteiger partial charge in [0.25, 0.3) is 5.89 Å². The van der Waals surface area contributed by atoms with Crippen molar-refractivity contribution in [3.05, 3.63) is 11.5 Å². The Bertz CT molecular complexity index is 542. The first-order valence-electron chi connectivity index (χ1n) is 6.31. The molecule has 2 heterocycles. The van der Waals surface area contributed by atoms with E-state index in [2.05, 4.69) is 15.1 Å². The van der Waals surface area contributed by atoms with Crippen LogP contribution in [0.15, 0.2) is 4.52 Å². The smallest absolute Gasteiger partial charge is 0.270 e. The summed E-state index contributed by atoms with van der Waals surface area (Å²) in [5.74, 6) is 1.86. The van der Waals surface area contributed by atoms with Crippen LogP contribution in [-0.2, 0) is 0 Å². The first-order valence-corrected chi connectivity index (χ1v) is 7.12. The minimum absolute atomic E-state index is 0.460. The molecule has 0 unspecified atom stereocenters. The van der Waals surface area contributed by atoms with Crippen LogP contribution < -0.4 is 5.73 Å². The van der Waals surface area contributed by atoms with E-state index >= 15 is 0 Å². The van der Waals surface area contributed by atoms with Crippen LogP contribution in [0.4, 0.5) is 5.13 Å². The molecule has 96 valence electrons. The summed E-state index contributed by atoms with van der Waals surface area (Å²) in [4.78, 5) is 9.58. The van der Waals surface area contributed by atoms with Gasteiger partial charge in [0.15, 0.2) is 11.0 Å². The number of thiazole rings is 1. The molecular formula is C12H16N4OS. The number of aryl methyl sites for hydroxylation is 1. The Hall–Kier alpha value is -1.43. The Morgan fingerprint density at radius 1 is 1.22 bits per heavy atom. The maximum atomic E-state index is 5.68. The molecule has 0 bridgehead atoms. The summed E-state index contributed by atoms with van der Waals surface area (Å²) in [6.45, 7) is 1.91. The highest BCUT2D eigenvalue weighted by Gasteiger charge is 2.22. The summed E-state index contributed by atoms with van der Waals surface area (Å²) in [5, 5.41) is 4.66. The molecule has 0 spiro atoms. The Labute approximate surface area is 109 Å². The van der Waals surface area contributed by atoms with Gasteiger partial charge in [-0.1, -0.05) is 35.8 Å². The van der Waals surface area contributed by atoms with Crippen LogP contribution in [0.1, 0.15) is 49.5 Å². The van der Waals surface area contributed by atoms with Crippen molar-refractivity contribution in [3.8, 4) is 10.8 Å². The van der Waals surface area contributed by atoms with Gasteiger partial charge in [-0.3, -0.25) is 0 Å². The lowest BCUT2D eigenvalue weighted by Crippen LogP contribution is -2.06. The van der Waals surface area contributed by atoms with Crippen molar-refractivity contribution in [2.75, 3.05) is 5.73 Å². The van der Waals surface area contributed by atoms with Crippen LogP contribution in [-0.4, -0.2) is 15.1 Å². The van der Waals surface area contributed by atoms with Crippen molar-refractivity contribution in [3.63, 3.8) is 0 Å². The van der Waals surface area contributed by atoms with Gasteiger partial charge < -0.3 is 10.3 Å². The van der Waals surface area contributed by atoms with Gasteiger partial charge in [-0.05, 0) is 19.8 Å². The topological polar surface area (TPSA) is 77.8 Å². The molecule has 0 amide bonds. The molecule has 0 saturated heterocycles. The summed E-state index contributed by atoms with van der Waals surface area (Å²) >= 11 is 1.40. The molecule has 0 radical (unpaired) electrons. The van der Waals surface area contributed by atoms with Crippen molar-refractivity contribution in [2.45, 2.75) is 44.9 Å². The number of anilines is 1. The van der Waals surface area contributed by atoms with E-state index in [-0.39, 0.29) is 0 Å². The van der Waals surface area contributed by atoms with Gasteiger partial charge in [-0.2, -0.15) is 4.98 Å². The zero-order chi connectivity index (χ0) is 12.5. The van der Waals surface area contributed by atoms with E-state index in [0.29, 0.717) is 16.9 Å². The highest BCUT2D eigenvalue weighted by molar-refractivity contribution is 7.18.